The van der Waals surface area contributed by atoms with Gasteiger partial charge in [0.1, 0.15) is 5.82 Å². The normalized spacial score (nSPS) is 15.5. The summed E-state index contributed by atoms with van der Waals surface area (Å²) in [6.07, 6.45) is 5.15. The molecule has 30 heavy (non-hydrogen) atoms. The number of nitrogens with one attached hydrogen (secondary N) is 2. The van der Waals surface area contributed by atoms with Crippen molar-refractivity contribution in [2.45, 2.75) is 51.7 Å². The number of anilines is 1. The van der Waals surface area contributed by atoms with Crippen LogP contribution in [-0.2, 0) is 25.9 Å². The van der Waals surface area contributed by atoms with Crippen molar-refractivity contribution in [3.8, 4) is 6.07 Å². The third kappa shape index (κ3) is 4.24. The lowest BCUT2D eigenvalue weighted by molar-refractivity contribution is 0.572. The fourth-order valence-electron chi connectivity index (χ4n) is 4.15. The first-order chi connectivity index (χ1) is 14.7. The van der Waals surface area contributed by atoms with Crippen molar-refractivity contribution in [1.82, 2.24) is 19.4 Å². The van der Waals surface area contributed by atoms with Gasteiger partial charge in [-0.15, -0.1) is 0 Å². The predicted molar refractivity (Wildman–Crippen MR) is 119 cm³/mol. The minimum atomic E-state index is 0.00824. The van der Waals surface area contributed by atoms with Gasteiger partial charge in [-0.1, -0.05) is 6.07 Å². The Morgan fingerprint density at radius 1 is 1.27 bits per heavy atom. The van der Waals surface area contributed by atoms with E-state index in [2.05, 4.69) is 40.3 Å². The summed E-state index contributed by atoms with van der Waals surface area (Å²) in [5.41, 5.74) is 4.69. The molecule has 0 amide bonds. The van der Waals surface area contributed by atoms with Gasteiger partial charge in [0, 0.05) is 68.6 Å². The highest BCUT2D eigenvalue weighted by Gasteiger charge is 2.20. The van der Waals surface area contributed by atoms with Gasteiger partial charge in [-0.2, -0.15) is 5.26 Å². The fraction of sp³-hybridized carbons (Fsp3) is 0.435. The zero-order chi connectivity index (χ0) is 20.9. The lowest BCUT2D eigenvalue weighted by Gasteiger charge is -2.24. The van der Waals surface area contributed by atoms with Crippen LogP contribution in [0.4, 0.5) is 5.69 Å². The van der Waals surface area contributed by atoms with Crippen molar-refractivity contribution in [2.75, 3.05) is 18.4 Å². The molecule has 0 saturated carbocycles. The van der Waals surface area contributed by atoms with Crippen LogP contribution in [0.25, 0.3) is 11.0 Å². The second-order valence-electron chi connectivity index (χ2n) is 7.86. The summed E-state index contributed by atoms with van der Waals surface area (Å²) in [5.74, 6) is 0.995. The molecule has 1 atom stereocenters. The maximum absolute atomic E-state index is 12.1. The first kappa shape index (κ1) is 20.2. The van der Waals surface area contributed by atoms with E-state index in [0.717, 1.165) is 42.8 Å². The number of nitriles is 1. The highest BCUT2D eigenvalue weighted by Crippen LogP contribution is 2.32. The number of imidazole rings is 1. The van der Waals surface area contributed by atoms with E-state index in [-0.39, 0.29) is 5.56 Å². The molecule has 1 aliphatic heterocycles. The lowest BCUT2D eigenvalue weighted by Crippen LogP contribution is -2.23. The smallest absolute Gasteiger partial charge is 0.250 e. The first-order valence-electron chi connectivity index (χ1n) is 10.7. The van der Waals surface area contributed by atoms with E-state index < -0.39 is 0 Å². The Kier molecular flexibility index (Phi) is 6.15. The van der Waals surface area contributed by atoms with Gasteiger partial charge in [0.25, 0.3) is 5.56 Å². The monoisotopic (exact) mass is 404 g/mol. The number of fused-ring (bicyclic) bond motifs is 3. The molecule has 1 aliphatic rings. The van der Waals surface area contributed by atoms with Crippen LogP contribution in [0.5, 0.6) is 0 Å². The summed E-state index contributed by atoms with van der Waals surface area (Å²) < 4.78 is 3.99. The SMILES string of the molecule is C[C@H]1CCc2c(ccc3c2nc(CCn2ccccc2=O)n3CCNCCC#N)N1. The van der Waals surface area contributed by atoms with Gasteiger partial charge in [-0.05, 0) is 38.0 Å². The Hall–Kier alpha value is -3.11. The molecule has 2 aromatic heterocycles. The van der Waals surface area contributed by atoms with Crippen LogP contribution in [0, 0.1) is 11.3 Å². The Balaban J connectivity index is 1.64. The molecule has 0 spiro atoms. The molecule has 4 rings (SSSR count). The van der Waals surface area contributed by atoms with E-state index in [9.17, 15) is 4.79 Å². The molecule has 0 saturated heterocycles. The van der Waals surface area contributed by atoms with E-state index >= 15 is 0 Å². The minimum Gasteiger partial charge on any atom is -0.382 e. The third-order valence-corrected chi connectivity index (χ3v) is 5.74. The second-order valence-corrected chi connectivity index (χ2v) is 7.86. The first-order valence-corrected chi connectivity index (χ1v) is 10.7. The van der Waals surface area contributed by atoms with Gasteiger partial charge in [-0.25, -0.2) is 4.98 Å². The van der Waals surface area contributed by atoms with Crippen molar-refractivity contribution < 1.29 is 0 Å². The van der Waals surface area contributed by atoms with Gasteiger partial charge in [-0.3, -0.25) is 4.79 Å². The molecule has 2 N–H and O–H groups in total. The number of rotatable bonds is 8. The quantitative estimate of drug-likeness (QED) is 0.564. The van der Waals surface area contributed by atoms with Gasteiger partial charge in [0.15, 0.2) is 0 Å². The summed E-state index contributed by atoms with van der Waals surface area (Å²) in [7, 11) is 0. The molecule has 3 aromatic rings. The molecule has 3 heterocycles. The number of benzene rings is 1. The summed E-state index contributed by atoms with van der Waals surface area (Å²) in [4.78, 5) is 17.1. The van der Waals surface area contributed by atoms with Gasteiger partial charge in [0.05, 0.1) is 17.1 Å². The molecule has 7 heteroatoms. The van der Waals surface area contributed by atoms with Crippen LogP contribution in [0.15, 0.2) is 41.3 Å². The van der Waals surface area contributed by atoms with Crippen LogP contribution >= 0.6 is 0 Å². The minimum absolute atomic E-state index is 0.00824. The van der Waals surface area contributed by atoms with Gasteiger partial charge in [0.2, 0.25) is 0 Å². The average molecular weight is 405 g/mol. The maximum atomic E-state index is 12.1. The second kappa shape index (κ2) is 9.14. The summed E-state index contributed by atoms with van der Waals surface area (Å²) in [6.45, 7) is 5.06. The number of aromatic nitrogens is 3. The lowest BCUT2D eigenvalue weighted by atomic mass is 9.98. The van der Waals surface area contributed by atoms with Crippen molar-refractivity contribution in [1.29, 1.82) is 5.26 Å². The fourth-order valence-corrected chi connectivity index (χ4v) is 4.15. The Bertz CT molecular complexity index is 1120. The number of aryl methyl sites for hydroxylation is 3. The van der Waals surface area contributed by atoms with Crippen LogP contribution in [0.2, 0.25) is 0 Å². The largest absolute Gasteiger partial charge is 0.382 e. The predicted octanol–water partition coefficient (Wildman–Crippen LogP) is 2.69. The van der Waals surface area contributed by atoms with E-state index in [1.54, 1.807) is 16.7 Å². The number of hydrogen-bond acceptors (Lipinski definition) is 5. The third-order valence-electron chi connectivity index (χ3n) is 5.74. The molecule has 1 aromatic carbocycles. The van der Waals surface area contributed by atoms with Gasteiger partial charge < -0.3 is 19.8 Å². The summed E-state index contributed by atoms with van der Waals surface area (Å²) in [6, 6.07) is 12.2. The van der Waals surface area contributed by atoms with E-state index in [1.165, 1.54) is 11.3 Å². The maximum Gasteiger partial charge on any atom is 0.250 e. The zero-order valence-electron chi connectivity index (χ0n) is 17.4. The standard InChI is InChI=1S/C23H28N6O/c1-17-6-7-18-19(26-17)8-9-20-23(18)27-21(29(20)16-13-25-12-4-11-24)10-15-28-14-3-2-5-22(28)30/h2-3,5,8-9,14,17,25-26H,4,6-7,10,12-13,15-16H2,1H3/t17-/m0/s1. The number of pyridine rings is 1. The van der Waals surface area contributed by atoms with Crippen molar-refractivity contribution in [2.24, 2.45) is 0 Å². The molecule has 0 unspecified atom stereocenters. The molecule has 0 bridgehead atoms. The zero-order valence-corrected chi connectivity index (χ0v) is 17.4. The average Bonchev–Trinajstić information content (AvgIpc) is 3.10. The molecule has 7 nitrogen and oxygen atoms in total. The van der Waals surface area contributed by atoms with Crippen molar-refractivity contribution in [3.05, 3.63) is 58.3 Å². The van der Waals surface area contributed by atoms with Crippen LogP contribution in [-0.4, -0.2) is 33.2 Å². The highest BCUT2D eigenvalue weighted by atomic mass is 16.1. The van der Waals surface area contributed by atoms with E-state index in [0.29, 0.717) is 32.0 Å². The van der Waals surface area contributed by atoms with Crippen molar-refractivity contribution in [3.63, 3.8) is 0 Å². The Labute approximate surface area is 176 Å². The number of nitrogens with zero attached hydrogens (tertiary/aromatic N) is 4. The topological polar surface area (TPSA) is 87.7 Å². The Morgan fingerprint density at radius 3 is 3.00 bits per heavy atom. The molecule has 0 aliphatic carbocycles. The van der Waals surface area contributed by atoms with E-state index in [4.69, 9.17) is 10.2 Å². The molecular formula is C23H28N6O. The number of hydrogen-bond donors (Lipinski definition) is 2. The Morgan fingerprint density at radius 2 is 2.17 bits per heavy atom. The van der Waals surface area contributed by atoms with Gasteiger partial charge >= 0.3 is 0 Å². The summed E-state index contributed by atoms with van der Waals surface area (Å²) in [5, 5.41) is 15.6. The highest BCUT2D eigenvalue weighted by molar-refractivity contribution is 5.86. The summed E-state index contributed by atoms with van der Waals surface area (Å²) >= 11 is 0. The van der Waals surface area contributed by atoms with Crippen LogP contribution in [0.3, 0.4) is 0 Å². The molecule has 0 radical (unpaired) electrons. The van der Waals surface area contributed by atoms with Crippen LogP contribution in [0.1, 0.15) is 31.2 Å². The molecular weight excluding hydrogens is 376 g/mol. The molecule has 156 valence electrons. The molecule has 0 fully saturated rings. The van der Waals surface area contributed by atoms with E-state index in [1.807, 2.05) is 12.3 Å². The van der Waals surface area contributed by atoms with Crippen molar-refractivity contribution >= 4 is 16.7 Å². The van der Waals surface area contributed by atoms with Crippen LogP contribution < -0.4 is 16.2 Å².